The molecule has 8 nitrogen and oxygen atoms in total. The predicted octanol–water partition coefficient (Wildman–Crippen LogP) is 10.5. The zero-order valence-electron chi connectivity index (χ0n) is 33.3. The Labute approximate surface area is 313 Å². The highest BCUT2D eigenvalue weighted by Crippen LogP contribution is 2.35. The van der Waals surface area contributed by atoms with E-state index in [1.165, 1.54) is 99.3 Å². The molecule has 0 N–H and O–H groups in total. The van der Waals surface area contributed by atoms with Gasteiger partial charge in [0.15, 0.2) is 0 Å². The van der Waals surface area contributed by atoms with E-state index in [4.69, 9.17) is 36.5 Å². The standard InChI is InChI=1S/C41H72N2O6Si2/c1-7-45-50(44-6,46-8-2)34-24-20-16-12-14-18-22-26-36-30-32-42-40-38(36)28-29-39-37(31-33-43-41(39)40)27-23-19-15-13-17-21-25-35-51(47-9-3,48-10-4)49-11-5/h30-33H,7-29,34-35H2,1-6H3. The van der Waals surface area contributed by atoms with Crippen molar-refractivity contribution in [3.8, 4) is 11.4 Å². The van der Waals surface area contributed by atoms with Crippen LogP contribution in [0.4, 0.5) is 0 Å². The minimum Gasteiger partial charge on any atom is -0.377 e. The van der Waals surface area contributed by atoms with Gasteiger partial charge < -0.3 is 26.6 Å². The molecule has 0 radical (unpaired) electrons. The maximum absolute atomic E-state index is 6.01. The fourth-order valence-electron chi connectivity index (χ4n) is 7.68. The lowest BCUT2D eigenvalue weighted by Gasteiger charge is -2.28. The van der Waals surface area contributed by atoms with E-state index in [-0.39, 0.29) is 0 Å². The Morgan fingerprint density at radius 1 is 0.471 bits per heavy atom. The van der Waals surface area contributed by atoms with Gasteiger partial charge in [0.25, 0.3) is 0 Å². The molecule has 0 aliphatic heterocycles. The summed E-state index contributed by atoms with van der Waals surface area (Å²) in [6, 6.07) is 6.36. The van der Waals surface area contributed by atoms with Gasteiger partial charge in [-0.25, -0.2) is 0 Å². The van der Waals surface area contributed by atoms with Gasteiger partial charge >= 0.3 is 17.6 Å². The molecular formula is C41H72N2O6Si2. The molecule has 0 atom stereocenters. The maximum atomic E-state index is 6.01. The number of hydrogen-bond donors (Lipinski definition) is 0. The number of hydrogen-bond acceptors (Lipinski definition) is 8. The smallest absolute Gasteiger partial charge is 0.377 e. The Morgan fingerprint density at radius 2 is 0.804 bits per heavy atom. The Hall–Kier alpha value is -1.51. The summed E-state index contributed by atoms with van der Waals surface area (Å²) in [5.74, 6) is 0. The Balaban J connectivity index is 1.35. The fourth-order valence-corrected chi connectivity index (χ4v) is 12.7. The number of fused-ring (bicyclic) bond motifs is 3. The van der Waals surface area contributed by atoms with Gasteiger partial charge in [0, 0.05) is 64.6 Å². The van der Waals surface area contributed by atoms with E-state index in [0.717, 1.165) is 62.0 Å². The van der Waals surface area contributed by atoms with Crippen LogP contribution in [0.3, 0.4) is 0 Å². The molecule has 0 aromatic carbocycles. The molecule has 1 aliphatic carbocycles. The van der Waals surface area contributed by atoms with Gasteiger partial charge in [-0.3, -0.25) is 9.97 Å². The molecule has 0 fully saturated rings. The van der Waals surface area contributed by atoms with Crippen LogP contribution in [0.15, 0.2) is 24.5 Å². The van der Waals surface area contributed by atoms with Crippen molar-refractivity contribution in [3.63, 3.8) is 0 Å². The first-order valence-corrected chi connectivity index (χ1v) is 24.6. The first-order valence-electron chi connectivity index (χ1n) is 20.7. The van der Waals surface area contributed by atoms with E-state index < -0.39 is 17.6 Å². The van der Waals surface area contributed by atoms with E-state index in [0.29, 0.717) is 33.0 Å². The van der Waals surface area contributed by atoms with Crippen LogP contribution in [0.2, 0.25) is 12.1 Å². The van der Waals surface area contributed by atoms with Crippen LogP contribution in [-0.2, 0) is 52.2 Å². The molecular weight excluding hydrogens is 673 g/mol. The van der Waals surface area contributed by atoms with Crippen LogP contribution in [0.1, 0.15) is 147 Å². The van der Waals surface area contributed by atoms with Crippen molar-refractivity contribution in [2.24, 2.45) is 0 Å². The largest absolute Gasteiger partial charge is 0.500 e. The highest BCUT2D eigenvalue weighted by molar-refractivity contribution is 6.61. The average molecular weight is 745 g/mol. The molecule has 2 heterocycles. The fraction of sp³-hybridized carbons (Fsp3) is 0.756. The number of unbranched alkanes of at least 4 members (excludes halogenated alkanes) is 12. The number of pyridine rings is 2. The molecule has 51 heavy (non-hydrogen) atoms. The summed E-state index contributed by atoms with van der Waals surface area (Å²) < 4.78 is 35.6. The van der Waals surface area contributed by atoms with Crippen LogP contribution < -0.4 is 0 Å². The molecule has 2 aromatic heterocycles. The van der Waals surface area contributed by atoms with E-state index in [1.807, 2.05) is 47.0 Å². The van der Waals surface area contributed by atoms with Gasteiger partial charge in [0.2, 0.25) is 0 Å². The molecule has 0 amide bonds. The molecule has 0 unspecified atom stereocenters. The third-order valence-electron chi connectivity index (χ3n) is 10.1. The third-order valence-corrected chi connectivity index (χ3v) is 16.3. The van der Waals surface area contributed by atoms with Gasteiger partial charge in [-0.05, 0) is 120 Å². The molecule has 10 heteroatoms. The normalized spacial score (nSPS) is 13.1. The Morgan fingerprint density at radius 3 is 1.18 bits per heavy atom. The highest BCUT2D eigenvalue weighted by atomic mass is 28.4. The summed E-state index contributed by atoms with van der Waals surface area (Å²) >= 11 is 0. The van der Waals surface area contributed by atoms with Crippen molar-refractivity contribution < 1.29 is 26.6 Å². The molecule has 0 saturated carbocycles. The second kappa shape index (κ2) is 25.5. The third kappa shape index (κ3) is 14.7. The summed E-state index contributed by atoms with van der Waals surface area (Å²) in [5, 5.41) is 0. The van der Waals surface area contributed by atoms with Crippen molar-refractivity contribution in [1.82, 2.24) is 9.97 Å². The number of aryl methyl sites for hydroxylation is 2. The average Bonchev–Trinajstić information content (AvgIpc) is 3.13. The lowest BCUT2D eigenvalue weighted by Crippen LogP contribution is -2.45. The maximum Gasteiger partial charge on any atom is 0.500 e. The van der Waals surface area contributed by atoms with E-state index in [2.05, 4.69) is 12.1 Å². The molecule has 0 spiro atoms. The Bertz CT molecular complexity index is 1200. The summed E-state index contributed by atoms with van der Waals surface area (Å²) in [6.45, 7) is 13.4. The van der Waals surface area contributed by atoms with Crippen molar-refractivity contribution in [2.75, 3.05) is 40.1 Å². The van der Waals surface area contributed by atoms with E-state index in [1.54, 1.807) is 7.11 Å². The van der Waals surface area contributed by atoms with Crippen LogP contribution >= 0.6 is 0 Å². The van der Waals surface area contributed by atoms with Crippen molar-refractivity contribution in [1.29, 1.82) is 0 Å². The quantitative estimate of drug-likeness (QED) is 0.0558. The van der Waals surface area contributed by atoms with Crippen molar-refractivity contribution in [2.45, 2.75) is 162 Å². The van der Waals surface area contributed by atoms with Crippen LogP contribution in [0, 0.1) is 0 Å². The number of nitrogens with zero attached hydrogens (tertiary/aromatic N) is 2. The minimum atomic E-state index is -2.49. The van der Waals surface area contributed by atoms with Crippen LogP contribution in [0.25, 0.3) is 11.4 Å². The summed E-state index contributed by atoms with van der Waals surface area (Å²) in [6.07, 6.45) is 25.9. The first-order chi connectivity index (χ1) is 25.0. The number of aromatic nitrogens is 2. The monoisotopic (exact) mass is 744 g/mol. The highest BCUT2D eigenvalue weighted by Gasteiger charge is 2.40. The van der Waals surface area contributed by atoms with Gasteiger partial charge in [-0.1, -0.05) is 64.2 Å². The predicted molar refractivity (Wildman–Crippen MR) is 213 cm³/mol. The summed E-state index contributed by atoms with van der Waals surface area (Å²) in [4.78, 5) is 9.76. The lowest BCUT2D eigenvalue weighted by atomic mass is 9.85. The van der Waals surface area contributed by atoms with Gasteiger partial charge in [0.1, 0.15) is 0 Å². The summed E-state index contributed by atoms with van der Waals surface area (Å²) in [7, 11) is -3.22. The molecule has 0 bridgehead atoms. The van der Waals surface area contributed by atoms with Gasteiger partial charge in [-0.2, -0.15) is 0 Å². The summed E-state index contributed by atoms with van der Waals surface area (Å²) in [5.41, 5.74) is 8.10. The second-order valence-corrected chi connectivity index (χ2v) is 19.4. The van der Waals surface area contributed by atoms with E-state index in [9.17, 15) is 0 Å². The Kier molecular flexibility index (Phi) is 21.9. The SMILES string of the molecule is CCO[Si](CCCCCCCCCc1ccnc2c1CCc1c(CCCCCCCCC[Si](OCC)(OCC)OCC)ccnc1-2)(OC)OCC. The molecule has 290 valence electrons. The molecule has 0 saturated heterocycles. The number of rotatable bonds is 31. The molecule has 2 aromatic rings. The minimum absolute atomic E-state index is 0.650. The second-order valence-electron chi connectivity index (χ2n) is 13.8. The van der Waals surface area contributed by atoms with Gasteiger partial charge in [0.05, 0.1) is 11.4 Å². The van der Waals surface area contributed by atoms with Crippen molar-refractivity contribution in [3.05, 3.63) is 46.8 Å². The lowest BCUT2D eigenvalue weighted by molar-refractivity contribution is 0.0706. The molecule has 1 aliphatic rings. The van der Waals surface area contributed by atoms with Crippen LogP contribution in [-0.4, -0.2) is 67.7 Å². The van der Waals surface area contributed by atoms with Crippen molar-refractivity contribution >= 4 is 17.6 Å². The molecule has 3 rings (SSSR count). The topological polar surface area (TPSA) is 81.2 Å². The first kappa shape index (κ1) is 43.9. The zero-order chi connectivity index (χ0) is 36.6. The van der Waals surface area contributed by atoms with E-state index >= 15 is 0 Å². The van der Waals surface area contributed by atoms with Crippen LogP contribution in [0.5, 0.6) is 0 Å². The van der Waals surface area contributed by atoms with Gasteiger partial charge in [-0.15, -0.1) is 0 Å². The zero-order valence-corrected chi connectivity index (χ0v) is 35.3.